The van der Waals surface area contributed by atoms with Gasteiger partial charge in [0.2, 0.25) is 0 Å². The molecule has 16 heavy (non-hydrogen) atoms. The van der Waals surface area contributed by atoms with Gasteiger partial charge in [-0.1, -0.05) is 0 Å². The van der Waals surface area contributed by atoms with Gasteiger partial charge in [-0.3, -0.25) is 4.79 Å². The number of nitrogens with two attached hydrogens (primary N) is 1. The van der Waals surface area contributed by atoms with Crippen LogP contribution in [0.1, 0.15) is 19.3 Å². The maximum absolute atomic E-state index is 10.6. The fraction of sp³-hybridized carbons (Fsp3) is 0.909. The lowest BCUT2D eigenvalue weighted by Crippen LogP contribution is -2.41. The Balaban J connectivity index is 2.23. The molecular formula is C11H22N2O3. The quantitative estimate of drug-likeness (QED) is 0.679. The van der Waals surface area contributed by atoms with Crippen LogP contribution in [-0.2, 0) is 9.53 Å². The molecule has 5 nitrogen and oxygen atoms in total. The van der Waals surface area contributed by atoms with Gasteiger partial charge in [-0.05, 0) is 31.7 Å². The molecule has 2 atom stereocenters. The molecule has 2 unspecified atom stereocenters. The van der Waals surface area contributed by atoms with E-state index in [1.54, 1.807) is 7.11 Å². The number of hydrogen-bond donors (Lipinski definition) is 2. The lowest BCUT2D eigenvalue weighted by molar-refractivity contribution is -0.138. The third-order valence-corrected chi connectivity index (χ3v) is 3.08. The molecule has 0 spiro atoms. The van der Waals surface area contributed by atoms with Crippen LogP contribution in [-0.4, -0.2) is 55.4 Å². The third kappa shape index (κ3) is 4.47. The molecule has 0 bridgehead atoms. The van der Waals surface area contributed by atoms with Crippen LogP contribution in [0.5, 0.6) is 0 Å². The molecule has 3 N–H and O–H groups in total. The van der Waals surface area contributed by atoms with E-state index in [2.05, 4.69) is 4.90 Å². The molecule has 1 saturated heterocycles. The van der Waals surface area contributed by atoms with Crippen molar-refractivity contribution >= 4 is 5.97 Å². The predicted octanol–water partition coefficient (Wildman–Crippen LogP) is 0.147. The number of aliphatic carboxylic acids is 1. The summed E-state index contributed by atoms with van der Waals surface area (Å²) in [6.07, 6.45) is 2.89. The summed E-state index contributed by atoms with van der Waals surface area (Å²) in [6, 6.07) is -0.734. The van der Waals surface area contributed by atoms with Crippen LogP contribution in [0.15, 0.2) is 0 Å². The molecule has 1 heterocycles. The molecule has 1 rings (SSSR count). The molecule has 1 fully saturated rings. The Hall–Kier alpha value is -0.650. The lowest BCUT2D eigenvalue weighted by atomic mass is 9.98. The van der Waals surface area contributed by atoms with Crippen molar-refractivity contribution in [3.8, 4) is 0 Å². The largest absolute Gasteiger partial charge is 0.480 e. The minimum atomic E-state index is -0.912. The molecule has 1 aliphatic rings. The Bertz CT molecular complexity index is 221. The highest BCUT2D eigenvalue weighted by molar-refractivity contribution is 5.72. The molecule has 5 heteroatoms. The standard InChI is InChI=1S/C11H22N2O3/c1-16-8-9-3-2-5-13(7-9)6-4-10(12)11(14)15/h9-10H,2-8,12H2,1H3,(H,14,15). The summed E-state index contributed by atoms with van der Waals surface area (Å²) in [5.41, 5.74) is 5.48. The Morgan fingerprint density at radius 2 is 2.44 bits per heavy atom. The van der Waals surface area contributed by atoms with Crippen LogP contribution in [0.25, 0.3) is 0 Å². The van der Waals surface area contributed by atoms with Crippen molar-refractivity contribution in [2.24, 2.45) is 11.7 Å². The van der Waals surface area contributed by atoms with E-state index in [0.717, 1.165) is 32.7 Å². The molecule has 1 aliphatic heterocycles. The molecule has 0 amide bonds. The highest BCUT2D eigenvalue weighted by Gasteiger charge is 2.21. The van der Waals surface area contributed by atoms with E-state index in [1.807, 2.05) is 0 Å². The van der Waals surface area contributed by atoms with E-state index in [9.17, 15) is 4.79 Å². The Morgan fingerprint density at radius 1 is 1.69 bits per heavy atom. The normalized spacial score (nSPS) is 24.2. The molecule has 0 aliphatic carbocycles. The second kappa shape index (κ2) is 6.83. The first-order chi connectivity index (χ1) is 7.63. The minimum Gasteiger partial charge on any atom is -0.480 e. The van der Waals surface area contributed by atoms with Crippen molar-refractivity contribution < 1.29 is 14.6 Å². The smallest absolute Gasteiger partial charge is 0.320 e. The van der Waals surface area contributed by atoms with Gasteiger partial charge in [0, 0.05) is 20.2 Å². The van der Waals surface area contributed by atoms with Crippen molar-refractivity contribution in [1.29, 1.82) is 0 Å². The van der Waals surface area contributed by atoms with Crippen molar-refractivity contribution in [3.05, 3.63) is 0 Å². The summed E-state index contributed by atoms with van der Waals surface area (Å²) in [7, 11) is 1.72. The van der Waals surface area contributed by atoms with Gasteiger partial charge in [0.15, 0.2) is 0 Å². The van der Waals surface area contributed by atoms with Crippen LogP contribution in [0.3, 0.4) is 0 Å². The average molecular weight is 230 g/mol. The number of piperidine rings is 1. The molecule has 0 radical (unpaired) electrons. The van der Waals surface area contributed by atoms with Gasteiger partial charge in [-0.2, -0.15) is 0 Å². The van der Waals surface area contributed by atoms with E-state index >= 15 is 0 Å². The zero-order chi connectivity index (χ0) is 12.0. The number of methoxy groups -OCH3 is 1. The lowest BCUT2D eigenvalue weighted by Gasteiger charge is -2.32. The zero-order valence-electron chi connectivity index (χ0n) is 9.89. The predicted molar refractivity (Wildman–Crippen MR) is 61.3 cm³/mol. The number of hydrogen-bond acceptors (Lipinski definition) is 4. The average Bonchev–Trinajstić information content (AvgIpc) is 2.26. The van der Waals surface area contributed by atoms with E-state index in [1.165, 1.54) is 6.42 Å². The van der Waals surface area contributed by atoms with E-state index in [0.29, 0.717) is 12.3 Å². The summed E-state index contributed by atoms with van der Waals surface area (Å²) in [4.78, 5) is 12.9. The van der Waals surface area contributed by atoms with Crippen LogP contribution in [0, 0.1) is 5.92 Å². The van der Waals surface area contributed by atoms with Crippen LogP contribution in [0.4, 0.5) is 0 Å². The van der Waals surface area contributed by atoms with Gasteiger partial charge in [0.05, 0.1) is 6.61 Å². The SMILES string of the molecule is COCC1CCCN(CCC(N)C(=O)O)C1. The van der Waals surface area contributed by atoms with Crippen molar-refractivity contribution in [3.63, 3.8) is 0 Å². The monoisotopic (exact) mass is 230 g/mol. The number of ether oxygens (including phenoxy) is 1. The Labute approximate surface area is 96.6 Å². The first-order valence-electron chi connectivity index (χ1n) is 5.83. The number of likely N-dealkylation sites (tertiary alicyclic amines) is 1. The van der Waals surface area contributed by atoms with E-state index in [-0.39, 0.29) is 0 Å². The van der Waals surface area contributed by atoms with Gasteiger partial charge in [0.25, 0.3) is 0 Å². The summed E-state index contributed by atoms with van der Waals surface area (Å²) in [6.45, 7) is 3.61. The fourth-order valence-corrected chi connectivity index (χ4v) is 2.17. The molecule has 94 valence electrons. The van der Waals surface area contributed by atoms with E-state index in [4.69, 9.17) is 15.6 Å². The van der Waals surface area contributed by atoms with Gasteiger partial charge in [-0.15, -0.1) is 0 Å². The third-order valence-electron chi connectivity index (χ3n) is 3.08. The number of carbonyl (C=O) groups is 1. The second-order valence-corrected chi connectivity index (χ2v) is 4.50. The molecule has 0 saturated carbocycles. The zero-order valence-corrected chi connectivity index (χ0v) is 9.89. The highest BCUT2D eigenvalue weighted by atomic mass is 16.5. The molecule has 0 aromatic heterocycles. The second-order valence-electron chi connectivity index (χ2n) is 4.50. The van der Waals surface area contributed by atoms with Gasteiger partial charge in [-0.25, -0.2) is 0 Å². The van der Waals surface area contributed by atoms with Crippen molar-refractivity contribution in [2.75, 3.05) is 33.4 Å². The van der Waals surface area contributed by atoms with Crippen LogP contribution >= 0.6 is 0 Å². The van der Waals surface area contributed by atoms with Crippen molar-refractivity contribution in [2.45, 2.75) is 25.3 Å². The van der Waals surface area contributed by atoms with Gasteiger partial charge in [0.1, 0.15) is 6.04 Å². The summed E-state index contributed by atoms with van der Waals surface area (Å²) in [5.74, 6) is -0.328. The maximum atomic E-state index is 10.6. The highest BCUT2D eigenvalue weighted by Crippen LogP contribution is 2.16. The first kappa shape index (κ1) is 13.4. The topological polar surface area (TPSA) is 75.8 Å². The Kier molecular flexibility index (Phi) is 5.73. The van der Waals surface area contributed by atoms with Crippen molar-refractivity contribution in [1.82, 2.24) is 4.90 Å². The van der Waals surface area contributed by atoms with Gasteiger partial charge < -0.3 is 20.5 Å². The maximum Gasteiger partial charge on any atom is 0.320 e. The molecule has 0 aromatic carbocycles. The fourth-order valence-electron chi connectivity index (χ4n) is 2.17. The number of carboxylic acid groups (broad SMARTS) is 1. The summed E-state index contributed by atoms with van der Waals surface area (Å²) < 4.78 is 5.15. The van der Waals surface area contributed by atoms with Crippen LogP contribution < -0.4 is 5.73 Å². The molecule has 0 aromatic rings. The van der Waals surface area contributed by atoms with Crippen LogP contribution in [0.2, 0.25) is 0 Å². The van der Waals surface area contributed by atoms with E-state index < -0.39 is 12.0 Å². The minimum absolute atomic E-state index is 0.523. The number of nitrogens with zero attached hydrogens (tertiary/aromatic N) is 1. The molecular weight excluding hydrogens is 208 g/mol. The number of carboxylic acids is 1. The summed E-state index contributed by atoms with van der Waals surface area (Å²) in [5, 5.41) is 8.68. The number of rotatable bonds is 6. The first-order valence-corrected chi connectivity index (χ1v) is 5.83. The van der Waals surface area contributed by atoms with Gasteiger partial charge >= 0.3 is 5.97 Å². The Morgan fingerprint density at radius 3 is 3.06 bits per heavy atom. The summed E-state index contributed by atoms with van der Waals surface area (Å²) >= 11 is 0.